The van der Waals surface area contributed by atoms with E-state index in [0.717, 1.165) is 24.9 Å². The minimum Gasteiger partial charge on any atom is -0.377 e. The van der Waals surface area contributed by atoms with E-state index in [1.165, 1.54) is 6.07 Å². The summed E-state index contributed by atoms with van der Waals surface area (Å²) in [5.41, 5.74) is 0.936. The summed E-state index contributed by atoms with van der Waals surface area (Å²) in [6.45, 7) is 7.72. The molecule has 0 aromatic heterocycles. The zero-order valence-electron chi connectivity index (χ0n) is 11.9. The van der Waals surface area contributed by atoms with Crippen LogP contribution in [0.3, 0.4) is 0 Å². The Morgan fingerprint density at radius 2 is 2.05 bits per heavy atom. The number of halogens is 2. The number of rotatable bonds is 8. The van der Waals surface area contributed by atoms with Crippen LogP contribution in [0.4, 0.5) is 4.39 Å². The Labute approximate surface area is 120 Å². The first-order valence-corrected chi connectivity index (χ1v) is 7.29. The molecular weight excluding hydrogens is 265 g/mol. The van der Waals surface area contributed by atoms with Crippen molar-refractivity contribution in [2.45, 2.75) is 45.8 Å². The fraction of sp³-hybridized carbons (Fsp3) is 0.600. The molecule has 2 nitrogen and oxygen atoms in total. The van der Waals surface area contributed by atoms with Crippen molar-refractivity contribution in [3.8, 4) is 0 Å². The van der Waals surface area contributed by atoms with Gasteiger partial charge in [0.15, 0.2) is 0 Å². The topological polar surface area (TPSA) is 21.3 Å². The van der Waals surface area contributed by atoms with Crippen LogP contribution in [0.15, 0.2) is 18.2 Å². The second kappa shape index (κ2) is 8.51. The van der Waals surface area contributed by atoms with Crippen LogP contribution in [-0.4, -0.2) is 25.3 Å². The van der Waals surface area contributed by atoms with Crippen LogP contribution in [0.2, 0.25) is 5.02 Å². The predicted molar refractivity (Wildman–Crippen MR) is 78.3 cm³/mol. The molecule has 19 heavy (non-hydrogen) atoms. The van der Waals surface area contributed by atoms with Crippen LogP contribution in [0.5, 0.6) is 0 Å². The zero-order valence-corrected chi connectivity index (χ0v) is 12.6. The molecule has 2 atom stereocenters. The lowest BCUT2D eigenvalue weighted by Gasteiger charge is -2.27. The van der Waals surface area contributed by atoms with Gasteiger partial charge in [-0.15, -0.1) is 0 Å². The van der Waals surface area contributed by atoms with E-state index in [4.69, 9.17) is 16.3 Å². The second-order valence-corrected chi connectivity index (χ2v) is 4.93. The number of hydrogen-bond acceptors (Lipinski definition) is 2. The first-order chi connectivity index (χ1) is 9.12. The number of benzene rings is 1. The van der Waals surface area contributed by atoms with Crippen LogP contribution >= 0.6 is 11.6 Å². The largest absolute Gasteiger partial charge is 0.377 e. The summed E-state index contributed by atoms with van der Waals surface area (Å²) in [6.07, 6.45) is 1.81. The molecule has 1 rings (SSSR count). The van der Waals surface area contributed by atoms with Gasteiger partial charge < -0.3 is 10.1 Å². The van der Waals surface area contributed by atoms with Crippen LogP contribution in [-0.2, 0) is 11.2 Å². The number of nitrogens with one attached hydrogen (secondary N) is 1. The summed E-state index contributed by atoms with van der Waals surface area (Å²) in [6, 6.07) is 5.17. The van der Waals surface area contributed by atoms with Crippen LogP contribution in [0, 0.1) is 5.82 Å². The van der Waals surface area contributed by atoms with Gasteiger partial charge >= 0.3 is 0 Å². The molecule has 0 radical (unpaired) electrons. The fourth-order valence-electron chi connectivity index (χ4n) is 2.25. The second-order valence-electron chi connectivity index (χ2n) is 4.52. The smallest absolute Gasteiger partial charge is 0.142 e. The molecule has 0 heterocycles. The third-order valence-electron chi connectivity index (χ3n) is 3.14. The predicted octanol–water partition coefficient (Wildman–Crippen LogP) is 3.81. The highest BCUT2D eigenvalue weighted by Gasteiger charge is 2.20. The first-order valence-electron chi connectivity index (χ1n) is 6.91. The van der Waals surface area contributed by atoms with Crippen molar-refractivity contribution in [2.24, 2.45) is 0 Å². The van der Waals surface area contributed by atoms with Gasteiger partial charge in [0, 0.05) is 12.6 Å². The highest BCUT2D eigenvalue weighted by Crippen LogP contribution is 2.18. The van der Waals surface area contributed by atoms with Crippen molar-refractivity contribution in [3.05, 3.63) is 34.6 Å². The summed E-state index contributed by atoms with van der Waals surface area (Å²) in [4.78, 5) is 0. The third kappa shape index (κ3) is 5.09. The van der Waals surface area contributed by atoms with Gasteiger partial charge in [-0.2, -0.15) is 0 Å². The Morgan fingerprint density at radius 1 is 1.32 bits per heavy atom. The van der Waals surface area contributed by atoms with E-state index in [9.17, 15) is 4.39 Å². The molecule has 0 aliphatic rings. The lowest BCUT2D eigenvalue weighted by atomic mass is 9.99. The molecule has 1 N–H and O–H groups in total. The summed E-state index contributed by atoms with van der Waals surface area (Å²) >= 11 is 5.70. The van der Waals surface area contributed by atoms with Gasteiger partial charge in [-0.25, -0.2) is 4.39 Å². The van der Waals surface area contributed by atoms with Crippen LogP contribution in [0.25, 0.3) is 0 Å². The molecule has 0 aliphatic carbocycles. The first kappa shape index (κ1) is 16.4. The monoisotopic (exact) mass is 287 g/mol. The molecule has 0 saturated carbocycles. The zero-order chi connectivity index (χ0) is 14.3. The molecule has 0 amide bonds. The van der Waals surface area contributed by atoms with Gasteiger partial charge in [0.1, 0.15) is 5.82 Å². The normalized spacial score (nSPS) is 14.4. The molecule has 1 aromatic rings. The minimum absolute atomic E-state index is 0.142. The van der Waals surface area contributed by atoms with E-state index in [0.29, 0.717) is 6.61 Å². The average Bonchev–Trinajstić information content (AvgIpc) is 2.40. The van der Waals surface area contributed by atoms with Crippen molar-refractivity contribution >= 4 is 11.6 Å². The molecule has 0 bridgehead atoms. The van der Waals surface area contributed by atoms with Crippen LogP contribution in [0.1, 0.15) is 32.8 Å². The summed E-state index contributed by atoms with van der Waals surface area (Å²) in [7, 11) is 0. The van der Waals surface area contributed by atoms with E-state index >= 15 is 0 Å². The molecule has 0 spiro atoms. The van der Waals surface area contributed by atoms with E-state index < -0.39 is 0 Å². The van der Waals surface area contributed by atoms with Crippen molar-refractivity contribution in [1.29, 1.82) is 0 Å². The molecule has 0 saturated heterocycles. The summed E-state index contributed by atoms with van der Waals surface area (Å²) in [5.74, 6) is -0.362. The maximum Gasteiger partial charge on any atom is 0.142 e. The van der Waals surface area contributed by atoms with Crippen molar-refractivity contribution in [2.75, 3.05) is 13.2 Å². The number of hydrogen-bond donors (Lipinski definition) is 1. The number of likely N-dealkylation sites (N-methyl/N-ethyl adjacent to an activating group) is 1. The summed E-state index contributed by atoms with van der Waals surface area (Å²) < 4.78 is 19.2. The molecule has 4 heteroatoms. The number of ether oxygens (including phenoxy) is 1. The van der Waals surface area contributed by atoms with Gasteiger partial charge in [0.2, 0.25) is 0 Å². The van der Waals surface area contributed by atoms with Crippen LogP contribution < -0.4 is 5.32 Å². The van der Waals surface area contributed by atoms with Crippen molar-refractivity contribution in [1.82, 2.24) is 5.32 Å². The maximum atomic E-state index is 13.5. The highest BCUT2D eigenvalue weighted by atomic mass is 35.5. The Balaban J connectivity index is 2.78. The van der Waals surface area contributed by atoms with Gasteiger partial charge in [-0.05, 0) is 44.0 Å². The van der Waals surface area contributed by atoms with Crippen molar-refractivity contribution < 1.29 is 9.13 Å². The van der Waals surface area contributed by atoms with Crippen molar-refractivity contribution in [3.63, 3.8) is 0 Å². The molecule has 0 fully saturated rings. The maximum absolute atomic E-state index is 13.5. The average molecular weight is 288 g/mol. The molecule has 1 aromatic carbocycles. The molecule has 0 aliphatic heterocycles. The SMILES string of the molecule is CCNC(Cc1ccc(Cl)c(F)c1)C(CC)OCC. The summed E-state index contributed by atoms with van der Waals surface area (Å²) in [5, 5.41) is 3.59. The quantitative estimate of drug-likeness (QED) is 0.785. The van der Waals surface area contributed by atoms with Gasteiger partial charge in [-0.1, -0.05) is 31.5 Å². The lowest BCUT2D eigenvalue weighted by molar-refractivity contribution is 0.0323. The standard InChI is InChI=1S/C15H23ClFNO/c1-4-15(19-6-3)14(18-5-2)10-11-7-8-12(16)13(17)9-11/h7-9,14-15,18H,4-6,10H2,1-3H3. The van der Waals surface area contributed by atoms with Gasteiger partial charge in [0.05, 0.1) is 11.1 Å². The fourth-order valence-corrected chi connectivity index (χ4v) is 2.37. The Morgan fingerprint density at radius 3 is 2.58 bits per heavy atom. The molecular formula is C15H23ClFNO. The van der Waals surface area contributed by atoms with E-state index in [2.05, 4.69) is 19.2 Å². The lowest BCUT2D eigenvalue weighted by Crippen LogP contribution is -2.42. The Kier molecular flexibility index (Phi) is 7.36. The highest BCUT2D eigenvalue weighted by molar-refractivity contribution is 6.30. The minimum atomic E-state index is -0.362. The van der Waals surface area contributed by atoms with Gasteiger partial charge in [0.25, 0.3) is 0 Å². The Bertz CT molecular complexity index is 386. The van der Waals surface area contributed by atoms with E-state index in [-0.39, 0.29) is 23.0 Å². The van der Waals surface area contributed by atoms with E-state index in [1.807, 2.05) is 13.0 Å². The third-order valence-corrected chi connectivity index (χ3v) is 3.44. The van der Waals surface area contributed by atoms with Gasteiger partial charge in [-0.3, -0.25) is 0 Å². The Hall–Kier alpha value is -0.640. The molecule has 108 valence electrons. The molecule has 2 unspecified atom stereocenters. The van der Waals surface area contributed by atoms with E-state index in [1.54, 1.807) is 6.07 Å².